The summed E-state index contributed by atoms with van der Waals surface area (Å²) in [7, 11) is 0. The molecule has 2 aromatic rings. The van der Waals surface area contributed by atoms with E-state index in [1.54, 1.807) is 32.0 Å². The number of imide groups is 1. The molecule has 26 heavy (non-hydrogen) atoms. The van der Waals surface area contributed by atoms with E-state index in [0.29, 0.717) is 30.0 Å². The first-order valence-corrected chi connectivity index (χ1v) is 8.33. The smallest absolute Gasteiger partial charge is 0.375 e. The van der Waals surface area contributed by atoms with Gasteiger partial charge in [0.15, 0.2) is 6.10 Å². The van der Waals surface area contributed by atoms with Crippen molar-refractivity contribution in [3.63, 3.8) is 0 Å². The van der Waals surface area contributed by atoms with Crippen LogP contribution in [0.2, 0.25) is 0 Å². The second-order valence-corrected chi connectivity index (χ2v) is 5.54. The molecular formula is C18H22N2O6. The van der Waals surface area contributed by atoms with Gasteiger partial charge in [-0.2, -0.15) is 0 Å². The Balaban J connectivity index is 2.12. The molecule has 1 aromatic heterocycles. The Morgan fingerprint density at radius 2 is 1.96 bits per heavy atom. The number of furan rings is 1. The van der Waals surface area contributed by atoms with Crippen molar-refractivity contribution >= 4 is 28.9 Å². The van der Waals surface area contributed by atoms with Crippen LogP contribution in [0.4, 0.5) is 4.79 Å². The first-order chi connectivity index (χ1) is 12.4. The van der Waals surface area contributed by atoms with Crippen molar-refractivity contribution in [1.82, 2.24) is 10.6 Å². The highest BCUT2D eigenvalue weighted by Gasteiger charge is 2.25. The summed E-state index contributed by atoms with van der Waals surface area (Å²) in [6.45, 7) is 7.58. The van der Waals surface area contributed by atoms with Gasteiger partial charge < -0.3 is 19.2 Å². The molecule has 1 atom stereocenters. The van der Waals surface area contributed by atoms with Crippen LogP contribution in [0.15, 0.2) is 22.6 Å². The maximum Gasteiger partial charge on any atom is 0.375 e. The molecule has 0 aliphatic carbocycles. The topological polar surface area (TPSA) is 107 Å². The Labute approximate surface area is 150 Å². The lowest BCUT2D eigenvalue weighted by Crippen LogP contribution is -2.44. The fraction of sp³-hybridized carbons (Fsp3) is 0.389. The molecule has 0 fully saturated rings. The summed E-state index contributed by atoms with van der Waals surface area (Å²) in [5.41, 5.74) is 1.10. The minimum absolute atomic E-state index is 0.00584. The quantitative estimate of drug-likeness (QED) is 0.765. The molecule has 0 unspecified atom stereocenters. The van der Waals surface area contributed by atoms with Crippen LogP contribution >= 0.6 is 0 Å². The highest BCUT2D eigenvalue weighted by atomic mass is 16.6. The first kappa shape index (κ1) is 19.3. The molecule has 1 heterocycles. The number of aryl methyl sites for hydroxylation is 1. The van der Waals surface area contributed by atoms with E-state index in [-0.39, 0.29) is 5.76 Å². The minimum atomic E-state index is -1.16. The molecule has 0 saturated carbocycles. The van der Waals surface area contributed by atoms with E-state index in [4.69, 9.17) is 13.9 Å². The van der Waals surface area contributed by atoms with Gasteiger partial charge >= 0.3 is 12.0 Å². The second-order valence-electron chi connectivity index (χ2n) is 5.54. The van der Waals surface area contributed by atoms with Gasteiger partial charge in [0.25, 0.3) is 5.91 Å². The van der Waals surface area contributed by atoms with Gasteiger partial charge in [-0.3, -0.25) is 10.1 Å². The molecule has 0 spiro atoms. The molecule has 0 aliphatic rings. The first-order valence-electron chi connectivity index (χ1n) is 8.33. The number of benzene rings is 1. The van der Waals surface area contributed by atoms with E-state index in [0.717, 1.165) is 5.39 Å². The lowest BCUT2D eigenvalue weighted by atomic mass is 10.1. The third kappa shape index (κ3) is 4.33. The van der Waals surface area contributed by atoms with Gasteiger partial charge in [-0.15, -0.1) is 0 Å². The standard InChI is InChI=1S/C18H22N2O6/c1-5-19-18(23)20-16(21)11(4)25-17(22)15-10(3)13-9-12(24-6-2)7-8-14(13)26-15/h7-9,11H,5-6H2,1-4H3,(H2,19,20,21,23)/t11-/m1/s1. The SMILES string of the molecule is CCNC(=O)NC(=O)[C@@H](C)OC(=O)c1oc2ccc(OCC)cc2c1C. The van der Waals surface area contributed by atoms with Gasteiger partial charge in [-0.05, 0) is 45.9 Å². The van der Waals surface area contributed by atoms with Gasteiger partial charge in [0, 0.05) is 17.5 Å². The van der Waals surface area contributed by atoms with Crippen LogP contribution in [0, 0.1) is 6.92 Å². The number of amides is 3. The fourth-order valence-corrected chi connectivity index (χ4v) is 2.34. The van der Waals surface area contributed by atoms with Crippen LogP contribution in [0.3, 0.4) is 0 Å². The fourth-order valence-electron chi connectivity index (χ4n) is 2.34. The summed E-state index contributed by atoms with van der Waals surface area (Å²) < 4.78 is 16.1. The van der Waals surface area contributed by atoms with Crippen LogP contribution in [-0.2, 0) is 9.53 Å². The molecule has 140 valence electrons. The molecule has 0 radical (unpaired) electrons. The molecule has 3 amide bonds. The van der Waals surface area contributed by atoms with E-state index in [9.17, 15) is 14.4 Å². The Hall–Kier alpha value is -3.03. The zero-order valence-electron chi connectivity index (χ0n) is 15.2. The molecule has 8 heteroatoms. The minimum Gasteiger partial charge on any atom is -0.494 e. The number of hydrogen-bond donors (Lipinski definition) is 2. The summed E-state index contributed by atoms with van der Waals surface area (Å²) in [5.74, 6) is -0.836. The molecule has 1 aromatic carbocycles. The number of hydrogen-bond acceptors (Lipinski definition) is 6. The van der Waals surface area contributed by atoms with Crippen molar-refractivity contribution in [3.05, 3.63) is 29.5 Å². The highest BCUT2D eigenvalue weighted by molar-refractivity contribution is 6.00. The summed E-state index contributed by atoms with van der Waals surface area (Å²) >= 11 is 0. The van der Waals surface area contributed by atoms with E-state index in [2.05, 4.69) is 10.6 Å². The summed E-state index contributed by atoms with van der Waals surface area (Å²) in [4.78, 5) is 35.6. The third-order valence-corrected chi connectivity index (χ3v) is 3.63. The van der Waals surface area contributed by atoms with Crippen molar-refractivity contribution < 1.29 is 28.3 Å². The van der Waals surface area contributed by atoms with Crippen molar-refractivity contribution in [2.24, 2.45) is 0 Å². The molecule has 2 rings (SSSR count). The van der Waals surface area contributed by atoms with Crippen molar-refractivity contribution in [2.75, 3.05) is 13.2 Å². The molecule has 0 bridgehead atoms. The van der Waals surface area contributed by atoms with Gasteiger partial charge in [-0.1, -0.05) is 0 Å². The summed E-state index contributed by atoms with van der Waals surface area (Å²) in [6.07, 6.45) is -1.16. The third-order valence-electron chi connectivity index (χ3n) is 3.63. The number of nitrogens with one attached hydrogen (secondary N) is 2. The highest BCUT2D eigenvalue weighted by Crippen LogP contribution is 2.29. The normalized spacial score (nSPS) is 11.7. The van der Waals surface area contributed by atoms with Crippen LogP contribution in [0.1, 0.15) is 36.9 Å². The average molecular weight is 362 g/mol. The van der Waals surface area contributed by atoms with E-state index in [1.807, 2.05) is 6.92 Å². The number of esters is 1. The lowest BCUT2D eigenvalue weighted by Gasteiger charge is -2.12. The van der Waals surface area contributed by atoms with Gasteiger partial charge in [0.1, 0.15) is 11.3 Å². The average Bonchev–Trinajstić information content (AvgIpc) is 2.92. The molecule has 0 aliphatic heterocycles. The van der Waals surface area contributed by atoms with Gasteiger partial charge in [0.05, 0.1) is 6.61 Å². The Bertz CT molecular complexity index is 826. The van der Waals surface area contributed by atoms with Crippen LogP contribution in [-0.4, -0.2) is 37.2 Å². The Morgan fingerprint density at radius 1 is 1.23 bits per heavy atom. The monoisotopic (exact) mass is 362 g/mol. The predicted molar refractivity (Wildman–Crippen MR) is 94.2 cm³/mol. The number of fused-ring (bicyclic) bond motifs is 1. The molecule has 2 N–H and O–H groups in total. The Kier molecular flexibility index (Phi) is 6.21. The number of carbonyl (C=O) groups is 3. The molecule has 8 nitrogen and oxygen atoms in total. The predicted octanol–water partition coefficient (Wildman–Crippen LogP) is 2.53. The molecular weight excluding hydrogens is 340 g/mol. The van der Waals surface area contributed by atoms with Crippen molar-refractivity contribution in [2.45, 2.75) is 33.8 Å². The van der Waals surface area contributed by atoms with E-state index < -0.39 is 24.0 Å². The zero-order chi connectivity index (χ0) is 19.3. The number of ether oxygens (including phenoxy) is 2. The van der Waals surface area contributed by atoms with Crippen molar-refractivity contribution in [3.8, 4) is 5.75 Å². The van der Waals surface area contributed by atoms with Crippen LogP contribution < -0.4 is 15.4 Å². The van der Waals surface area contributed by atoms with Gasteiger partial charge in [0.2, 0.25) is 5.76 Å². The number of urea groups is 1. The maximum absolute atomic E-state index is 12.3. The number of rotatable bonds is 6. The van der Waals surface area contributed by atoms with Crippen LogP contribution in [0.25, 0.3) is 11.0 Å². The largest absolute Gasteiger partial charge is 0.494 e. The van der Waals surface area contributed by atoms with Crippen molar-refractivity contribution in [1.29, 1.82) is 0 Å². The second kappa shape index (κ2) is 8.37. The Morgan fingerprint density at radius 3 is 2.62 bits per heavy atom. The van der Waals surface area contributed by atoms with E-state index in [1.165, 1.54) is 6.92 Å². The lowest BCUT2D eigenvalue weighted by molar-refractivity contribution is -0.128. The maximum atomic E-state index is 12.3. The summed E-state index contributed by atoms with van der Waals surface area (Å²) in [6, 6.07) is 4.57. The zero-order valence-corrected chi connectivity index (χ0v) is 15.2. The van der Waals surface area contributed by atoms with E-state index >= 15 is 0 Å². The number of carbonyl (C=O) groups excluding carboxylic acids is 3. The summed E-state index contributed by atoms with van der Waals surface area (Å²) in [5, 5.41) is 5.23. The van der Waals surface area contributed by atoms with Crippen LogP contribution in [0.5, 0.6) is 5.75 Å². The van der Waals surface area contributed by atoms with Gasteiger partial charge in [-0.25, -0.2) is 9.59 Å². The molecule has 0 saturated heterocycles.